The van der Waals surface area contributed by atoms with Crippen LogP contribution in [-0.2, 0) is 6.18 Å². The molecule has 1 fully saturated rings. The second-order valence-electron chi connectivity index (χ2n) is 7.71. The number of nitrogens with zero attached hydrogens (tertiary/aromatic N) is 2. The first-order valence-electron chi connectivity index (χ1n) is 10.9. The zero-order valence-electron chi connectivity index (χ0n) is 18.2. The average Bonchev–Trinajstić information content (AvgIpc) is 3.29. The Morgan fingerprint density at radius 1 is 0.909 bits per heavy atom. The minimum Gasteiger partial charge on any atom is -0.494 e. The van der Waals surface area contributed by atoms with Crippen LogP contribution < -0.4 is 20.1 Å². The standard InChI is InChI=1S/C24H25F3N4O2/c1-2-32-18-11-7-17(8-12-18)30-23-28-15-21(24(25,26)27)22(31-23)29-16-9-13-20(14-10-16)33-19-5-3-4-6-19/h7-15,19H,2-6H2,1H3,(H2,28,29,30,31). The van der Waals surface area contributed by atoms with Gasteiger partial charge in [0, 0.05) is 17.6 Å². The quantitative estimate of drug-likeness (QED) is 0.391. The molecule has 1 aliphatic rings. The Labute approximate surface area is 190 Å². The molecule has 1 saturated carbocycles. The Hall–Kier alpha value is -3.49. The van der Waals surface area contributed by atoms with Gasteiger partial charge in [0.25, 0.3) is 0 Å². The molecule has 0 bridgehead atoms. The molecule has 33 heavy (non-hydrogen) atoms. The van der Waals surface area contributed by atoms with Crippen LogP contribution in [0.4, 0.5) is 36.3 Å². The monoisotopic (exact) mass is 458 g/mol. The van der Waals surface area contributed by atoms with E-state index in [2.05, 4.69) is 20.6 Å². The zero-order chi connectivity index (χ0) is 23.3. The van der Waals surface area contributed by atoms with Crippen LogP contribution in [0.1, 0.15) is 38.2 Å². The molecule has 1 aromatic heterocycles. The van der Waals surface area contributed by atoms with Crippen molar-refractivity contribution in [1.82, 2.24) is 9.97 Å². The van der Waals surface area contributed by atoms with E-state index < -0.39 is 11.7 Å². The maximum absolute atomic E-state index is 13.5. The third kappa shape index (κ3) is 6.06. The van der Waals surface area contributed by atoms with E-state index in [1.54, 1.807) is 48.5 Å². The van der Waals surface area contributed by atoms with E-state index in [0.717, 1.165) is 31.9 Å². The summed E-state index contributed by atoms with van der Waals surface area (Å²) in [4.78, 5) is 7.92. The number of nitrogens with one attached hydrogen (secondary N) is 2. The van der Waals surface area contributed by atoms with Crippen LogP contribution in [0.3, 0.4) is 0 Å². The molecule has 174 valence electrons. The van der Waals surface area contributed by atoms with Crippen molar-refractivity contribution in [3.63, 3.8) is 0 Å². The van der Waals surface area contributed by atoms with Crippen LogP contribution in [-0.4, -0.2) is 22.7 Å². The largest absolute Gasteiger partial charge is 0.494 e. The van der Waals surface area contributed by atoms with Crippen molar-refractivity contribution >= 4 is 23.1 Å². The van der Waals surface area contributed by atoms with E-state index in [0.29, 0.717) is 29.5 Å². The molecule has 6 nitrogen and oxygen atoms in total. The highest BCUT2D eigenvalue weighted by atomic mass is 19.4. The Bertz CT molecular complexity index is 1050. The van der Waals surface area contributed by atoms with Crippen molar-refractivity contribution < 1.29 is 22.6 Å². The van der Waals surface area contributed by atoms with E-state index in [9.17, 15) is 13.2 Å². The minimum atomic E-state index is -4.61. The Morgan fingerprint density at radius 2 is 1.52 bits per heavy atom. The smallest absolute Gasteiger partial charge is 0.421 e. The van der Waals surface area contributed by atoms with E-state index in [1.165, 1.54) is 0 Å². The van der Waals surface area contributed by atoms with Gasteiger partial charge in [0.1, 0.15) is 22.9 Å². The lowest BCUT2D eigenvalue weighted by molar-refractivity contribution is -0.137. The number of alkyl halides is 3. The number of aromatic nitrogens is 2. The number of ether oxygens (including phenoxy) is 2. The van der Waals surface area contributed by atoms with Crippen LogP contribution >= 0.6 is 0 Å². The summed E-state index contributed by atoms with van der Waals surface area (Å²) in [6.45, 7) is 2.42. The molecule has 0 spiro atoms. The maximum atomic E-state index is 13.5. The van der Waals surface area contributed by atoms with Gasteiger partial charge in [0.2, 0.25) is 5.95 Å². The van der Waals surface area contributed by atoms with Gasteiger partial charge in [0.15, 0.2) is 0 Å². The molecule has 0 atom stereocenters. The lowest BCUT2D eigenvalue weighted by Gasteiger charge is -2.16. The Balaban J connectivity index is 1.51. The predicted octanol–water partition coefficient (Wildman–Crippen LogP) is 6.70. The first kappa shape index (κ1) is 22.7. The van der Waals surface area contributed by atoms with Crippen molar-refractivity contribution in [1.29, 1.82) is 0 Å². The molecule has 0 saturated heterocycles. The van der Waals surface area contributed by atoms with Gasteiger partial charge in [-0.3, -0.25) is 0 Å². The summed E-state index contributed by atoms with van der Waals surface area (Å²) in [5, 5.41) is 5.69. The van der Waals surface area contributed by atoms with Crippen molar-refractivity contribution in [3.05, 3.63) is 60.3 Å². The van der Waals surface area contributed by atoms with Gasteiger partial charge in [-0.15, -0.1) is 0 Å². The van der Waals surface area contributed by atoms with Gasteiger partial charge in [-0.1, -0.05) is 0 Å². The van der Waals surface area contributed by atoms with Gasteiger partial charge in [-0.05, 0) is 81.1 Å². The van der Waals surface area contributed by atoms with Crippen molar-refractivity contribution in [3.8, 4) is 11.5 Å². The first-order chi connectivity index (χ1) is 15.9. The summed E-state index contributed by atoms with van der Waals surface area (Å²) >= 11 is 0. The van der Waals surface area contributed by atoms with E-state index in [1.807, 2.05) is 6.92 Å². The van der Waals surface area contributed by atoms with Gasteiger partial charge < -0.3 is 20.1 Å². The van der Waals surface area contributed by atoms with Crippen molar-refractivity contribution in [2.75, 3.05) is 17.2 Å². The number of anilines is 4. The number of rotatable bonds is 8. The van der Waals surface area contributed by atoms with E-state index in [-0.39, 0.29) is 17.9 Å². The zero-order valence-corrected chi connectivity index (χ0v) is 18.2. The molecule has 0 unspecified atom stereocenters. The van der Waals surface area contributed by atoms with Gasteiger partial charge in [-0.25, -0.2) is 4.98 Å². The molecule has 2 N–H and O–H groups in total. The van der Waals surface area contributed by atoms with Gasteiger partial charge in [0.05, 0.1) is 12.7 Å². The molecule has 1 aliphatic carbocycles. The Morgan fingerprint density at radius 3 is 2.12 bits per heavy atom. The summed E-state index contributed by atoms with van der Waals surface area (Å²) < 4.78 is 51.9. The average molecular weight is 458 g/mol. The number of benzene rings is 2. The third-order valence-corrected chi connectivity index (χ3v) is 5.24. The highest BCUT2D eigenvalue weighted by Gasteiger charge is 2.35. The van der Waals surface area contributed by atoms with Crippen LogP contribution in [0.2, 0.25) is 0 Å². The van der Waals surface area contributed by atoms with Gasteiger partial charge in [-0.2, -0.15) is 18.2 Å². The fourth-order valence-electron chi connectivity index (χ4n) is 3.63. The van der Waals surface area contributed by atoms with Crippen LogP contribution in [0.5, 0.6) is 11.5 Å². The molecule has 0 amide bonds. The summed E-state index contributed by atoms with van der Waals surface area (Å²) in [5.74, 6) is 1.09. The fourth-order valence-corrected chi connectivity index (χ4v) is 3.63. The highest BCUT2D eigenvalue weighted by molar-refractivity contribution is 5.63. The normalized spacial score (nSPS) is 14.2. The van der Waals surface area contributed by atoms with E-state index >= 15 is 0 Å². The van der Waals surface area contributed by atoms with Crippen LogP contribution in [0.15, 0.2) is 54.7 Å². The summed E-state index contributed by atoms with van der Waals surface area (Å²) in [6, 6.07) is 13.8. The summed E-state index contributed by atoms with van der Waals surface area (Å²) in [5.41, 5.74) is 0.133. The maximum Gasteiger partial charge on any atom is 0.421 e. The molecule has 9 heteroatoms. The lowest BCUT2D eigenvalue weighted by atomic mass is 10.2. The van der Waals surface area contributed by atoms with E-state index in [4.69, 9.17) is 9.47 Å². The van der Waals surface area contributed by atoms with Crippen LogP contribution in [0.25, 0.3) is 0 Å². The molecule has 4 rings (SSSR count). The van der Waals surface area contributed by atoms with Crippen molar-refractivity contribution in [2.24, 2.45) is 0 Å². The molecule has 1 heterocycles. The molecular weight excluding hydrogens is 433 g/mol. The minimum absolute atomic E-state index is 0.0378. The molecular formula is C24H25F3N4O2. The fraction of sp³-hybridized carbons (Fsp3) is 0.333. The van der Waals surface area contributed by atoms with Gasteiger partial charge >= 0.3 is 6.18 Å². The molecule has 0 radical (unpaired) electrons. The lowest BCUT2D eigenvalue weighted by Crippen LogP contribution is -2.13. The highest BCUT2D eigenvalue weighted by Crippen LogP contribution is 2.36. The predicted molar refractivity (Wildman–Crippen MR) is 121 cm³/mol. The number of hydrogen-bond donors (Lipinski definition) is 2. The first-order valence-corrected chi connectivity index (χ1v) is 10.9. The number of hydrogen-bond acceptors (Lipinski definition) is 6. The van der Waals surface area contributed by atoms with Crippen molar-refractivity contribution in [2.45, 2.75) is 44.9 Å². The summed E-state index contributed by atoms with van der Waals surface area (Å²) in [6.07, 6.45) is 0.741. The summed E-state index contributed by atoms with van der Waals surface area (Å²) in [7, 11) is 0. The topological polar surface area (TPSA) is 68.3 Å². The second-order valence-corrected chi connectivity index (χ2v) is 7.71. The molecule has 2 aromatic carbocycles. The number of halogens is 3. The SMILES string of the molecule is CCOc1ccc(Nc2ncc(C(F)(F)F)c(Nc3ccc(OC4CCCC4)cc3)n2)cc1. The second kappa shape index (κ2) is 9.97. The van der Waals surface area contributed by atoms with Crippen LogP contribution in [0, 0.1) is 0 Å². The third-order valence-electron chi connectivity index (χ3n) is 5.24. The molecule has 0 aliphatic heterocycles. The Kier molecular flexibility index (Phi) is 6.86. The molecule has 3 aromatic rings.